The van der Waals surface area contributed by atoms with Crippen LogP contribution >= 0.6 is 15.9 Å². The van der Waals surface area contributed by atoms with Crippen LogP contribution in [0.3, 0.4) is 0 Å². The molecular weight excluding hydrogens is 390 g/mol. The van der Waals surface area contributed by atoms with Crippen molar-refractivity contribution in [2.75, 3.05) is 5.32 Å². The van der Waals surface area contributed by atoms with Crippen molar-refractivity contribution in [2.24, 2.45) is 0 Å². The monoisotopic (exact) mass is 409 g/mol. The molecule has 4 heteroatoms. The Morgan fingerprint density at radius 3 is 2.15 bits per heavy atom. The molecule has 0 aromatic heterocycles. The van der Waals surface area contributed by atoms with Crippen LogP contribution in [-0.2, 0) is 4.79 Å². The van der Waals surface area contributed by atoms with Gasteiger partial charge in [0.25, 0.3) is 5.91 Å². The number of carbonyl (C=O) groups is 1. The molecule has 3 aromatic carbocycles. The number of ether oxygens (including phenoxy) is 1. The fraction of sp³-hybridized carbons (Fsp3) is 0.136. The Kier molecular flexibility index (Phi) is 6.08. The van der Waals surface area contributed by atoms with Gasteiger partial charge in [0.2, 0.25) is 0 Å². The van der Waals surface area contributed by atoms with Crippen LogP contribution in [0.2, 0.25) is 0 Å². The van der Waals surface area contributed by atoms with E-state index in [4.69, 9.17) is 4.74 Å². The first kappa shape index (κ1) is 18.2. The van der Waals surface area contributed by atoms with Crippen LogP contribution in [0, 0.1) is 0 Å². The summed E-state index contributed by atoms with van der Waals surface area (Å²) in [6, 6.07) is 25.4. The molecule has 26 heavy (non-hydrogen) atoms. The predicted octanol–water partition coefficient (Wildman–Crippen LogP) is 5.91. The summed E-state index contributed by atoms with van der Waals surface area (Å²) < 4.78 is 6.86. The molecule has 3 nitrogen and oxygen atoms in total. The second-order valence-corrected chi connectivity index (χ2v) is 6.82. The topological polar surface area (TPSA) is 38.3 Å². The quantitative estimate of drug-likeness (QED) is 0.549. The average molecular weight is 410 g/mol. The summed E-state index contributed by atoms with van der Waals surface area (Å²) in [6.07, 6.45) is 0.0456. The van der Waals surface area contributed by atoms with Gasteiger partial charge in [-0.15, -0.1) is 0 Å². The minimum absolute atomic E-state index is 0.151. The van der Waals surface area contributed by atoms with E-state index in [2.05, 4.69) is 33.4 Å². The van der Waals surface area contributed by atoms with Crippen molar-refractivity contribution in [3.05, 3.63) is 83.3 Å². The first-order chi connectivity index (χ1) is 12.7. The molecule has 0 spiro atoms. The minimum atomic E-state index is -0.541. The molecule has 0 aliphatic rings. The van der Waals surface area contributed by atoms with Gasteiger partial charge in [-0.25, -0.2) is 0 Å². The van der Waals surface area contributed by atoms with Gasteiger partial charge < -0.3 is 10.1 Å². The van der Waals surface area contributed by atoms with E-state index < -0.39 is 6.10 Å². The first-order valence-corrected chi connectivity index (χ1v) is 9.33. The molecule has 1 atom stereocenters. The second-order valence-electron chi connectivity index (χ2n) is 5.90. The van der Waals surface area contributed by atoms with Gasteiger partial charge in [0.1, 0.15) is 5.75 Å². The van der Waals surface area contributed by atoms with Gasteiger partial charge in [-0.1, -0.05) is 65.3 Å². The Labute approximate surface area is 162 Å². The van der Waals surface area contributed by atoms with Gasteiger partial charge in [0.05, 0.1) is 0 Å². The molecule has 0 heterocycles. The second kappa shape index (κ2) is 8.68. The molecule has 0 bridgehead atoms. The van der Waals surface area contributed by atoms with E-state index in [1.54, 1.807) is 0 Å². The number of rotatable bonds is 6. The van der Waals surface area contributed by atoms with E-state index in [1.807, 2.05) is 73.7 Å². The molecule has 132 valence electrons. The van der Waals surface area contributed by atoms with Gasteiger partial charge in [-0.3, -0.25) is 4.79 Å². The largest absolute Gasteiger partial charge is 0.481 e. The zero-order valence-corrected chi connectivity index (χ0v) is 16.1. The van der Waals surface area contributed by atoms with Crippen LogP contribution in [-0.4, -0.2) is 12.0 Å². The Hall–Kier alpha value is -2.59. The lowest BCUT2D eigenvalue weighted by atomic mass is 10.1. The third kappa shape index (κ3) is 4.73. The fourth-order valence-corrected chi connectivity index (χ4v) is 2.86. The van der Waals surface area contributed by atoms with Crippen LogP contribution < -0.4 is 10.1 Å². The van der Waals surface area contributed by atoms with Crippen LogP contribution in [0.1, 0.15) is 13.3 Å². The van der Waals surface area contributed by atoms with Crippen LogP contribution in [0.5, 0.6) is 5.75 Å². The van der Waals surface area contributed by atoms with E-state index in [-0.39, 0.29) is 5.91 Å². The van der Waals surface area contributed by atoms with E-state index in [0.717, 1.165) is 21.3 Å². The zero-order chi connectivity index (χ0) is 18.4. The van der Waals surface area contributed by atoms with Gasteiger partial charge in [-0.05, 0) is 53.9 Å². The molecule has 0 aliphatic carbocycles. The average Bonchev–Trinajstić information content (AvgIpc) is 2.69. The molecule has 3 rings (SSSR count). The highest BCUT2D eigenvalue weighted by Crippen LogP contribution is 2.23. The van der Waals surface area contributed by atoms with E-state index in [0.29, 0.717) is 12.2 Å². The standard InChI is InChI=1S/C22H20BrNO2/c1-2-21(22(25)24-19-12-10-18(23)11-13-19)26-20-14-8-17(9-15-20)16-6-4-3-5-7-16/h3-15,21H,2H2,1H3,(H,24,25). The summed E-state index contributed by atoms with van der Waals surface area (Å²) in [4.78, 5) is 12.5. The Bertz CT molecular complexity index is 846. The summed E-state index contributed by atoms with van der Waals surface area (Å²) in [5.74, 6) is 0.532. The van der Waals surface area contributed by atoms with Crippen LogP contribution in [0.15, 0.2) is 83.3 Å². The number of benzene rings is 3. The molecule has 1 amide bonds. The van der Waals surface area contributed by atoms with Crippen molar-refractivity contribution in [1.29, 1.82) is 0 Å². The molecule has 1 N–H and O–H groups in total. The molecular formula is C22H20BrNO2. The SMILES string of the molecule is CCC(Oc1ccc(-c2ccccc2)cc1)C(=O)Nc1ccc(Br)cc1. The highest BCUT2D eigenvalue weighted by molar-refractivity contribution is 9.10. The lowest BCUT2D eigenvalue weighted by molar-refractivity contribution is -0.122. The molecule has 0 saturated carbocycles. The minimum Gasteiger partial charge on any atom is -0.481 e. The van der Waals surface area contributed by atoms with Gasteiger partial charge in [-0.2, -0.15) is 0 Å². The summed E-state index contributed by atoms with van der Waals surface area (Å²) in [7, 11) is 0. The number of carbonyl (C=O) groups excluding carboxylic acids is 1. The highest BCUT2D eigenvalue weighted by atomic mass is 79.9. The first-order valence-electron chi connectivity index (χ1n) is 8.54. The lowest BCUT2D eigenvalue weighted by Gasteiger charge is -2.17. The molecule has 1 unspecified atom stereocenters. The Morgan fingerprint density at radius 1 is 0.923 bits per heavy atom. The summed E-state index contributed by atoms with van der Waals surface area (Å²) in [5, 5.41) is 2.89. The third-order valence-electron chi connectivity index (χ3n) is 4.01. The van der Waals surface area contributed by atoms with Crippen LogP contribution in [0.4, 0.5) is 5.69 Å². The maximum Gasteiger partial charge on any atom is 0.265 e. The summed E-state index contributed by atoms with van der Waals surface area (Å²) in [6.45, 7) is 1.93. The third-order valence-corrected chi connectivity index (χ3v) is 4.54. The molecule has 0 aliphatic heterocycles. The molecule has 0 fully saturated rings. The maximum absolute atomic E-state index is 12.5. The van der Waals surface area contributed by atoms with E-state index in [9.17, 15) is 4.79 Å². The predicted molar refractivity (Wildman–Crippen MR) is 109 cm³/mol. The number of hydrogen-bond acceptors (Lipinski definition) is 2. The molecule has 3 aromatic rings. The number of amides is 1. The van der Waals surface area contributed by atoms with Gasteiger partial charge in [0, 0.05) is 10.2 Å². The zero-order valence-electron chi connectivity index (χ0n) is 14.5. The fourth-order valence-electron chi connectivity index (χ4n) is 2.60. The van der Waals surface area contributed by atoms with Crippen molar-refractivity contribution in [3.8, 4) is 16.9 Å². The highest BCUT2D eigenvalue weighted by Gasteiger charge is 2.18. The van der Waals surface area contributed by atoms with Crippen molar-refractivity contribution in [1.82, 2.24) is 0 Å². The Balaban J connectivity index is 1.65. The maximum atomic E-state index is 12.5. The van der Waals surface area contributed by atoms with Gasteiger partial charge >= 0.3 is 0 Å². The van der Waals surface area contributed by atoms with Crippen molar-refractivity contribution >= 4 is 27.5 Å². The van der Waals surface area contributed by atoms with Crippen molar-refractivity contribution < 1.29 is 9.53 Å². The smallest absolute Gasteiger partial charge is 0.265 e. The molecule has 0 radical (unpaired) electrons. The molecule has 0 saturated heterocycles. The van der Waals surface area contributed by atoms with Gasteiger partial charge in [0.15, 0.2) is 6.10 Å². The van der Waals surface area contributed by atoms with Crippen molar-refractivity contribution in [2.45, 2.75) is 19.4 Å². The number of halogens is 1. The van der Waals surface area contributed by atoms with Crippen molar-refractivity contribution in [3.63, 3.8) is 0 Å². The Morgan fingerprint density at radius 2 is 1.54 bits per heavy atom. The normalized spacial score (nSPS) is 11.6. The number of anilines is 1. The number of hydrogen-bond donors (Lipinski definition) is 1. The van der Waals surface area contributed by atoms with Crippen LogP contribution in [0.25, 0.3) is 11.1 Å². The van der Waals surface area contributed by atoms with E-state index >= 15 is 0 Å². The summed E-state index contributed by atoms with van der Waals surface area (Å²) >= 11 is 3.38. The number of nitrogens with one attached hydrogen (secondary N) is 1. The lowest BCUT2D eigenvalue weighted by Crippen LogP contribution is -2.32. The summed E-state index contributed by atoms with van der Waals surface area (Å²) in [5.41, 5.74) is 3.02. The van der Waals surface area contributed by atoms with E-state index in [1.165, 1.54) is 0 Å².